The number of nitrogens with two attached hydrogens (primary N) is 1. The Morgan fingerprint density at radius 3 is 2.82 bits per heavy atom. The summed E-state index contributed by atoms with van der Waals surface area (Å²) in [5, 5.41) is 12.0. The van der Waals surface area contributed by atoms with E-state index in [0.29, 0.717) is 18.5 Å². The second-order valence-corrected chi connectivity index (χ2v) is 4.21. The van der Waals surface area contributed by atoms with Crippen LogP contribution in [-0.2, 0) is 11.3 Å². The van der Waals surface area contributed by atoms with Crippen LogP contribution in [0.4, 0.5) is 0 Å². The predicted molar refractivity (Wildman–Crippen MR) is 66.0 cm³/mol. The molecule has 0 aliphatic carbocycles. The Kier molecular flexibility index (Phi) is 4.68. The highest BCUT2D eigenvalue weighted by Gasteiger charge is 2.06. The summed E-state index contributed by atoms with van der Waals surface area (Å²) in [6, 6.07) is 7.74. The summed E-state index contributed by atoms with van der Waals surface area (Å²) in [5.74, 6) is -0.304. The molecule has 0 aliphatic rings. The van der Waals surface area contributed by atoms with E-state index in [4.69, 9.17) is 11.0 Å². The number of nitrogens with zero attached hydrogens (tertiary/aromatic N) is 1. The van der Waals surface area contributed by atoms with Gasteiger partial charge in [-0.05, 0) is 37.1 Å². The molecule has 0 fully saturated rings. The Balaban J connectivity index is 2.58. The summed E-state index contributed by atoms with van der Waals surface area (Å²) < 4.78 is 0. The lowest BCUT2D eigenvalue weighted by atomic mass is 10.1. The van der Waals surface area contributed by atoms with Gasteiger partial charge in [0.1, 0.15) is 0 Å². The number of rotatable bonds is 5. The molecule has 17 heavy (non-hydrogen) atoms. The van der Waals surface area contributed by atoms with Gasteiger partial charge in [0.25, 0.3) is 0 Å². The number of carbonyl (C=O) groups excluding carboxylic acids is 1. The van der Waals surface area contributed by atoms with Crippen LogP contribution < -0.4 is 11.1 Å². The maximum atomic E-state index is 10.7. The summed E-state index contributed by atoms with van der Waals surface area (Å²) in [5.41, 5.74) is 7.98. The molecule has 1 unspecified atom stereocenters. The van der Waals surface area contributed by atoms with Crippen LogP contribution in [-0.4, -0.2) is 11.9 Å². The molecule has 0 saturated carbocycles. The molecule has 4 heteroatoms. The summed E-state index contributed by atoms with van der Waals surface area (Å²) in [4.78, 5) is 10.7. The van der Waals surface area contributed by atoms with Crippen molar-refractivity contribution < 1.29 is 4.79 Å². The zero-order chi connectivity index (χ0) is 12.8. The van der Waals surface area contributed by atoms with Crippen LogP contribution in [0.1, 0.15) is 30.0 Å². The number of carbonyl (C=O) groups is 1. The smallest absolute Gasteiger partial charge is 0.218 e. The van der Waals surface area contributed by atoms with Crippen LogP contribution in [0.2, 0.25) is 0 Å². The first kappa shape index (κ1) is 13.2. The van der Waals surface area contributed by atoms with Gasteiger partial charge in [0.2, 0.25) is 5.91 Å². The molecule has 3 N–H and O–H groups in total. The fourth-order valence-corrected chi connectivity index (χ4v) is 1.62. The fourth-order valence-electron chi connectivity index (χ4n) is 1.62. The lowest BCUT2D eigenvalue weighted by molar-refractivity contribution is -0.118. The maximum Gasteiger partial charge on any atom is 0.218 e. The first-order chi connectivity index (χ1) is 8.02. The number of benzene rings is 1. The van der Waals surface area contributed by atoms with Crippen molar-refractivity contribution in [2.75, 3.05) is 0 Å². The van der Waals surface area contributed by atoms with E-state index in [-0.39, 0.29) is 11.9 Å². The molecule has 0 heterocycles. The normalized spacial score (nSPS) is 11.8. The highest BCUT2D eigenvalue weighted by molar-refractivity contribution is 5.74. The third-order valence-electron chi connectivity index (χ3n) is 2.62. The lowest BCUT2D eigenvalue weighted by Crippen LogP contribution is -2.30. The highest BCUT2D eigenvalue weighted by Crippen LogP contribution is 2.10. The molecular formula is C13H17N3O. The number of primary amides is 1. The molecule has 0 saturated heterocycles. The first-order valence-corrected chi connectivity index (χ1v) is 5.54. The van der Waals surface area contributed by atoms with Crippen LogP contribution in [0.15, 0.2) is 18.2 Å². The molecule has 1 amide bonds. The number of aryl methyl sites for hydroxylation is 1. The van der Waals surface area contributed by atoms with Gasteiger partial charge in [0.05, 0.1) is 11.6 Å². The van der Waals surface area contributed by atoms with Crippen molar-refractivity contribution in [3.05, 3.63) is 34.9 Å². The van der Waals surface area contributed by atoms with Gasteiger partial charge in [-0.15, -0.1) is 0 Å². The van der Waals surface area contributed by atoms with Crippen molar-refractivity contribution in [1.82, 2.24) is 5.32 Å². The molecule has 1 aromatic rings. The van der Waals surface area contributed by atoms with Gasteiger partial charge in [-0.1, -0.05) is 6.07 Å². The quantitative estimate of drug-likeness (QED) is 0.799. The van der Waals surface area contributed by atoms with Gasteiger partial charge in [-0.25, -0.2) is 0 Å². The molecule has 4 nitrogen and oxygen atoms in total. The van der Waals surface area contributed by atoms with E-state index in [2.05, 4.69) is 11.4 Å². The van der Waals surface area contributed by atoms with Crippen LogP contribution in [0.25, 0.3) is 0 Å². The monoisotopic (exact) mass is 231 g/mol. The SMILES string of the molecule is Cc1cc(C#N)ccc1CNC(C)CC(N)=O. The van der Waals surface area contributed by atoms with Crippen LogP contribution in [0, 0.1) is 18.3 Å². The Morgan fingerprint density at radius 1 is 1.59 bits per heavy atom. The molecule has 0 bridgehead atoms. The van der Waals surface area contributed by atoms with Crippen molar-refractivity contribution in [3.8, 4) is 6.07 Å². The van der Waals surface area contributed by atoms with Gasteiger partial charge in [0, 0.05) is 19.0 Å². The van der Waals surface area contributed by atoms with Crippen LogP contribution in [0.5, 0.6) is 0 Å². The molecule has 1 aromatic carbocycles. The van der Waals surface area contributed by atoms with Crippen molar-refractivity contribution in [1.29, 1.82) is 5.26 Å². The first-order valence-electron chi connectivity index (χ1n) is 5.54. The van der Waals surface area contributed by atoms with E-state index in [1.165, 1.54) is 0 Å². The average Bonchev–Trinajstić information content (AvgIpc) is 2.26. The van der Waals surface area contributed by atoms with Gasteiger partial charge in [-0.3, -0.25) is 4.79 Å². The maximum absolute atomic E-state index is 10.7. The Labute approximate surface area is 101 Å². The summed E-state index contributed by atoms with van der Waals surface area (Å²) in [6.45, 7) is 4.56. The number of nitriles is 1. The molecular weight excluding hydrogens is 214 g/mol. The van der Waals surface area contributed by atoms with Gasteiger partial charge < -0.3 is 11.1 Å². The summed E-state index contributed by atoms with van der Waals surface area (Å²) in [6.07, 6.45) is 0.329. The number of nitrogens with one attached hydrogen (secondary N) is 1. The van der Waals surface area contributed by atoms with Crippen molar-refractivity contribution >= 4 is 5.91 Å². The van der Waals surface area contributed by atoms with Crippen molar-refractivity contribution in [3.63, 3.8) is 0 Å². The van der Waals surface area contributed by atoms with E-state index in [9.17, 15) is 4.79 Å². The fraction of sp³-hybridized carbons (Fsp3) is 0.385. The van der Waals surface area contributed by atoms with E-state index >= 15 is 0 Å². The highest BCUT2D eigenvalue weighted by atomic mass is 16.1. The van der Waals surface area contributed by atoms with E-state index in [1.807, 2.05) is 26.0 Å². The Morgan fingerprint density at radius 2 is 2.29 bits per heavy atom. The predicted octanol–water partition coefficient (Wildman–Crippen LogP) is 1.22. The number of amides is 1. The average molecular weight is 231 g/mol. The molecule has 0 radical (unpaired) electrons. The lowest BCUT2D eigenvalue weighted by Gasteiger charge is -2.13. The van der Waals surface area contributed by atoms with Gasteiger partial charge >= 0.3 is 0 Å². The summed E-state index contributed by atoms with van der Waals surface area (Å²) >= 11 is 0. The molecule has 0 spiro atoms. The third kappa shape index (κ3) is 4.25. The standard InChI is InChI=1S/C13H17N3O/c1-9-5-11(7-14)3-4-12(9)8-16-10(2)6-13(15)17/h3-5,10,16H,6,8H2,1-2H3,(H2,15,17). The zero-order valence-electron chi connectivity index (χ0n) is 10.2. The Bertz CT molecular complexity index is 448. The molecule has 0 aliphatic heterocycles. The van der Waals surface area contributed by atoms with Gasteiger partial charge in [0.15, 0.2) is 0 Å². The second kappa shape index (κ2) is 6.02. The zero-order valence-corrected chi connectivity index (χ0v) is 10.2. The van der Waals surface area contributed by atoms with Crippen molar-refractivity contribution in [2.45, 2.75) is 32.9 Å². The Hall–Kier alpha value is -1.86. The second-order valence-electron chi connectivity index (χ2n) is 4.21. The van der Waals surface area contributed by atoms with Crippen molar-refractivity contribution in [2.24, 2.45) is 5.73 Å². The third-order valence-corrected chi connectivity index (χ3v) is 2.62. The largest absolute Gasteiger partial charge is 0.370 e. The van der Waals surface area contributed by atoms with E-state index < -0.39 is 0 Å². The molecule has 90 valence electrons. The van der Waals surface area contributed by atoms with E-state index in [0.717, 1.165) is 11.1 Å². The van der Waals surface area contributed by atoms with Gasteiger partial charge in [-0.2, -0.15) is 5.26 Å². The minimum absolute atomic E-state index is 0.0579. The minimum Gasteiger partial charge on any atom is -0.370 e. The number of hydrogen-bond acceptors (Lipinski definition) is 3. The number of hydrogen-bond donors (Lipinski definition) is 2. The topological polar surface area (TPSA) is 78.9 Å². The molecule has 0 aromatic heterocycles. The molecule has 1 atom stereocenters. The van der Waals surface area contributed by atoms with Crippen LogP contribution >= 0.6 is 0 Å². The minimum atomic E-state index is -0.304. The van der Waals surface area contributed by atoms with Crippen LogP contribution in [0.3, 0.4) is 0 Å². The summed E-state index contributed by atoms with van der Waals surface area (Å²) in [7, 11) is 0. The van der Waals surface area contributed by atoms with E-state index in [1.54, 1.807) is 6.07 Å². The molecule has 1 rings (SSSR count).